The minimum atomic E-state index is -0.420. The third-order valence-corrected chi connectivity index (χ3v) is 4.40. The van der Waals surface area contributed by atoms with Crippen molar-refractivity contribution in [3.05, 3.63) is 54.7 Å². The van der Waals surface area contributed by atoms with Gasteiger partial charge in [-0.15, -0.1) is 11.3 Å². The number of thiophene rings is 1. The second kappa shape index (κ2) is 7.53. The van der Waals surface area contributed by atoms with E-state index < -0.39 is 4.92 Å². The molecule has 2 rings (SSSR count). The molecule has 112 valence electrons. The SMILES string of the molecule is CCNCc1ccc([N+](=O)[O-])c(OCc2ccc(Br)s2)c1. The molecule has 2 aromatic rings. The van der Waals surface area contributed by atoms with Crippen molar-refractivity contribution in [3.63, 3.8) is 0 Å². The normalized spacial score (nSPS) is 10.6. The zero-order valence-electron chi connectivity index (χ0n) is 11.5. The first-order valence-corrected chi connectivity index (χ1v) is 8.06. The number of ether oxygens (including phenoxy) is 1. The summed E-state index contributed by atoms with van der Waals surface area (Å²) in [5.41, 5.74) is 0.954. The number of nitrogens with zero attached hydrogens (tertiary/aromatic N) is 1. The van der Waals surface area contributed by atoms with E-state index in [-0.39, 0.29) is 5.69 Å². The van der Waals surface area contributed by atoms with Gasteiger partial charge in [-0.3, -0.25) is 10.1 Å². The zero-order valence-corrected chi connectivity index (χ0v) is 13.9. The summed E-state index contributed by atoms with van der Waals surface area (Å²) in [5.74, 6) is 0.305. The van der Waals surface area contributed by atoms with Gasteiger partial charge in [0.15, 0.2) is 5.75 Å². The molecule has 1 N–H and O–H groups in total. The molecule has 21 heavy (non-hydrogen) atoms. The molecule has 1 aromatic carbocycles. The van der Waals surface area contributed by atoms with Crippen LogP contribution in [0.4, 0.5) is 5.69 Å². The first-order chi connectivity index (χ1) is 10.1. The first kappa shape index (κ1) is 15.9. The van der Waals surface area contributed by atoms with Crippen molar-refractivity contribution in [2.75, 3.05) is 6.54 Å². The van der Waals surface area contributed by atoms with Crippen LogP contribution in [-0.2, 0) is 13.2 Å². The van der Waals surface area contributed by atoms with Crippen LogP contribution in [0.3, 0.4) is 0 Å². The lowest BCUT2D eigenvalue weighted by molar-refractivity contribution is -0.386. The fraction of sp³-hybridized carbons (Fsp3) is 0.286. The molecule has 0 amide bonds. The summed E-state index contributed by atoms with van der Waals surface area (Å²) in [6, 6.07) is 8.83. The molecule has 0 unspecified atom stereocenters. The number of nitrogens with one attached hydrogen (secondary N) is 1. The molecule has 0 fully saturated rings. The molecular weight excluding hydrogens is 356 g/mol. The third-order valence-electron chi connectivity index (χ3n) is 2.80. The quantitative estimate of drug-likeness (QED) is 0.588. The standard InChI is InChI=1S/C14H15BrN2O3S/c1-2-16-8-10-3-5-12(17(18)19)13(7-10)20-9-11-4-6-14(15)21-11/h3-7,16H,2,8-9H2,1H3. The van der Waals surface area contributed by atoms with E-state index in [4.69, 9.17) is 4.74 Å². The van der Waals surface area contributed by atoms with Crippen molar-refractivity contribution in [2.24, 2.45) is 0 Å². The Bertz CT molecular complexity index is 630. The maximum Gasteiger partial charge on any atom is 0.310 e. The Hall–Kier alpha value is -1.44. The Morgan fingerprint density at radius 2 is 2.19 bits per heavy atom. The summed E-state index contributed by atoms with van der Waals surface area (Å²) in [5, 5.41) is 14.3. The maximum absolute atomic E-state index is 11.1. The van der Waals surface area contributed by atoms with Crippen LogP contribution in [0.5, 0.6) is 5.75 Å². The highest BCUT2D eigenvalue weighted by atomic mass is 79.9. The summed E-state index contributed by atoms with van der Waals surface area (Å²) in [4.78, 5) is 11.7. The van der Waals surface area contributed by atoms with Gasteiger partial charge in [-0.1, -0.05) is 13.0 Å². The van der Waals surface area contributed by atoms with Gasteiger partial charge in [0.2, 0.25) is 0 Å². The van der Waals surface area contributed by atoms with Crippen molar-refractivity contribution >= 4 is 33.0 Å². The Morgan fingerprint density at radius 1 is 1.38 bits per heavy atom. The summed E-state index contributed by atoms with van der Waals surface area (Å²) in [6.07, 6.45) is 0. The minimum Gasteiger partial charge on any atom is -0.481 e. The molecule has 1 heterocycles. The molecule has 1 aromatic heterocycles. The van der Waals surface area contributed by atoms with Gasteiger partial charge in [0.1, 0.15) is 6.61 Å². The van der Waals surface area contributed by atoms with E-state index in [2.05, 4.69) is 21.2 Å². The van der Waals surface area contributed by atoms with Crippen LogP contribution in [-0.4, -0.2) is 11.5 Å². The van der Waals surface area contributed by atoms with Crippen molar-refractivity contribution < 1.29 is 9.66 Å². The number of nitro benzene ring substituents is 1. The van der Waals surface area contributed by atoms with Gasteiger partial charge >= 0.3 is 5.69 Å². The monoisotopic (exact) mass is 370 g/mol. The van der Waals surface area contributed by atoms with E-state index in [1.165, 1.54) is 6.07 Å². The second-order valence-electron chi connectivity index (χ2n) is 4.33. The molecular formula is C14H15BrN2O3S. The molecule has 7 heteroatoms. The van der Waals surface area contributed by atoms with Crippen molar-refractivity contribution in [1.29, 1.82) is 0 Å². The van der Waals surface area contributed by atoms with Crippen LogP contribution in [0, 0.1) is 10.1 Å². The maximum atomic E-state index is 11.1. The molecule has 0 spiro atoms. The Morgan fingerprint density at radius 3 is 2.81 bits per heavy atom. The predicted molar refractivity (Wildman–Crippen MR) is 86.8 cm³/mol. The Kier molecular flexibility index (Phi) is 5.72. The Labute approximate surface area is 135 Å². The van der Waals surface area contributed by atoms with E-state index in [1.807, 2.05) is 19.1 Å². The zero-order chi connectivity index (χ0) is 15.2. The lowest BCUT2D eigenvalue weighted by atomic mass is 10.2. The molecule has 0 aliphatic carbocycles. The largest absolute Gasteiger partial charge is 0.481 e. The highest BCUT2D eigenvalue weighted by molar-refractivity contribution is 9.11. The highest BCUT2D eigenvalue weighted by Crippen LogP contribution is 2.30. The summed E-state index contributed by atoms with van der Waals surface area (Å²) in [6.45, 7) is 3.84. The molecule has 0 aliphatic rings. The molecule has 0 aliphatic heterocycles. The molecule has 0 saturated carbocycles. The average Bonchev–Trinajstić information content (AvgIpc) is 2.88. The van der Waals surface area contributed by atoms with Crippen LogP contribution >= 0.6 is 27.3 Å². The molecule has 0 saturated heterocycles. The molecule has 5 nitrogen and oxygen atoms in total. The van der Waals surface area contributed by atoms with Crippen molar-refractivity contribution in [2.45, 2.75) is 20.1 Å². The summed E-state index contributed by atoms with van der Waals surface area (Å²) < 4.78 is 6.65. The topological polar surface area (TPSA) is 64.4 Å². The van der Waals surface area contributed by atoms with Crippen LogP contribution in [0.2, 0.25) is 0 Å². The minimum absolute atomic E-state index is 0.00845. The van der Waals surface area contributed by atoms with Gasteiger partial charge in [0.05, 0.1) is 8.71 Å². The number of benzene rings is 1. The van der Waals surface area contributed by atoms with Gasteiger partial charge in [0, 0.05) is 17.5 Å². The first-order valence-electron chi connectivity index (χ1n) is 6.45. The number of hydrogen-bond donors (Lipinski definition) is 1. The number of rotatable bonds is 7. The van der Waals surface area contributed by atoms with Gasteiger partial charge < -0.3 is 10.1 Å². The van der Waals surface area contributed by atoms with Crippen LogP contribution in [0.25, 0.3) is 0 Å². The Balaban J connectivity index is 2.15. The predicted octanol–water partition coefficient (Wildman–Crippen LogP) is 4.11. The van der Waals surface area contributed by atoms with E-state index in [0.717, 1.165) is 20.8 Å². The fourth-order valence-electron chi connectivity index (χ4n) is 1.78. The van der Waals surface area contributed by atoms with Gasteiger partial charge in [-0.25, -0.2) is 0 Å². The van der Waals surface area contributed by atoms with E-state index in [0.29, 0.717) is 18.9 Å². The molecule has 0 atom stereocenters. The molecule has 0 radical (unpaired) electrons. The van der Waals surface area contributed by atoms with Crippen LogP contribution in [0.15, 0.2) is 34.1 Å². The lowest BCUT2D eigenvalue weighted by Crippen LogP contribution is -2.12. The summed E-state index contributed by atoms with van der Waals surface area (Å²) in [7, 11) is 0. The van der Waals surface area contributed by atoms with Crippen LogP contribution < -0.4 is 10.1 Å². The van der Waals surface area contributed by atoms with E-state index in [1.54, 1.807) is 23.5 Å². The van der Waals surface area contributed by atoms with E-state index in [9.17, 15) is 10.1 Å². The van der Waals surface area contributed by atoms with Crippen molar-refractivity contribution in [3.8, 4) is 5.75 Å². The average molecular weight is 371 g/mol. The smallest absolute Gasteiger partial charge is 0.310 e. The third kappa shape index (κ3) is 4.52. The van der Waals surface area contributed by atoms with Gasteiger partial charge in [-0.05, 0) is 46.2 Å². The fourth-order valence-corrected chi connectivity index (χ4v) is 3.18. The second-order valence-corrected chi connectivity index (χ2v) is 6.88. The molecule has 0 bridgehead atoms. The highest BCUT2D eigenvalue weighted by Gasteiger charge is 2.16. The van der Waals surface area contributed by atoms with Gasteiger partial charge in [-0.2, -0.15) is 0 Å². The number of nitro groups is 1. The number of hydrogen-bond acceptors (Lipinski definition) is 5. The van der Waals surface area contributed by atoms with Crippen LogP contribution in [0.1, 0.15) is 17.4 Å². The summed E-state index contributed by atoms with van der Waals surface area (Å²) >= 11 is 4.93. The number of halogens is 1. The van der Waals surface area contributed by atoms with Gasteiger partial charge in [0.25, 0.3) is 0 Å². The lowest BCUT2D eigenvalue weighted by Gasteiger charge is -2.08. The van der Waals surface area contributed by atoms with Crippen molar-refractivity contribution in [1.82, 2.24) is 5.32 Å². The van der Waals surface area contributed by atoms with E-state index >= 15 is 0 Å².